The summed E-state index contributed by atoms with van der Waals surface area (Å²) in [6.07, 6.45) is 0. The molecule has 0 bridgehead atoms. The van der Waals surface area contributed by atoms with Crippen LogP contribution in [-0.4, -0.2) is 25.1 Å². The molecule has 3 aromatic rings. The Balaban J connectivity index is 1.75. The highest BCUT2D eigenvalue weighted by atomic mass is 32.2. The van der Waals surface area contributed by atoms with Crippen molar-refractivity contribution in [2.24, 2.45) is 0 Å². The standard InChI is InChI=1S/C20H20N2O3S2/c1-13-21-15(11-26-13)12-27-19-7-5-4-6-16(19)20(23)22-14-8-9-17(24-2)18(10-14)25-3/h4-11H,12H2,1-3H3,(H,22,23). The first kappa shape index (κ1) is 19.3. The van der Waals surface area contributed by atoms with E-state index in [1.807, 2.05) is 31.2 Å². The van der Waals surface area contributed by atoms with Gasteiger partial charge in [-0.2, -0.15) is 0 Å². The highest BCUT2D eigenvalue weighted by molar-refractivity contribution is 7.98. The Morgan fingerprint density at radius 2 is 1.93 bits per heavy atom. The SMILES string of the molecule is COc1ccc(NC(=O)c2ccccc2SCc2csc(C)n2)cc1OC. The Hall–Kier alpha value is -2.51. The molecule has 0 saturated carbocycles. The maximum atomic E-state index is 12.8. The van der Waals surface area contributed by atoms with Gasteiger partial charge in [0.1, 0.15) is 0 Å². The lowest BCUT2D eigenvalue weighted by Crippen LogP contribution is -2.13. The summed E-state index contributed by atoms with van der Waals surface area (Å²) in [6, 6.07) is 12.9. The summed E-state index contributed by atoms with van der Waals surface area (Å²) >= 11 is 3.24. The second-order valence-electron chi connectivity index (χ2n) is 5.67. The van der Waals surface area contributed by atoms with Crippen LogP contribution in [0.4, 0.5) is 5.69 Å². The van der Waals surface area contributed by atoms with Crippen molar-refractivity contribution < 1.29 is 14.3 Å². The minimum atomic E-state index is -0.167. The average molecular weight is 401 g/mol. The molecular formula is C20H20N2O3S2. The second-order valence-corrected chi connectivity index (χ2v) is 7.75. The summed E-state index contributed by atoms with van der Waals surface area (Å²) in [5.41, 5.74) is 2.30. The molecule has 140 valence electrons. The number of nitrogens with one attached hydrogen (secondary N) is 1. The number of thiazole rings is 1. The molecule has 0 radical (unpaired) electrons. The van der Waals surface area contributed by atoms with Gasteiger partial charge in [0.2, 0.25) is 0 Å². The number of anilines is 1. The highest BCUT2D eigenvalue weighted by Crippen LogP contribution is 2.31. The van der Waals surface area contributed by atoms with Crippen molar-refractivity contribution in [1.82, 2.24) is 4.98 Å². The normalized spacial score (nSPS) is 10.5. The van der Waals surface area contributed by atoms with E-state index in [9.17, 15) is 4.79 Å². The number of aromatic nitrogens is 1. The smallest absolute Gasteiger partial charge is 0.256 e. The average Bonchev–Trinajstić information content (AvgIpc) is 3.11. The first-order chi connectivity index (χ1) is 13.1. The Kier molecular flexibility index (Phi) is 6.36. The van der Waals surface area contributed by atoms with Crippen molar-refractivity contribution in [2.75, 3.05) is 19.5 Å². The van der Waals surface area contributed by atoms with Gasteiger partial charge in [-0.15, -0.1) is 23.1 Å². The fourth-order valence-electron chi connectivity index (χ4n) is 2.52. The van der Waals surface area contributed by atoms with Gasteiger partial charge in [-0.1, -0.05) is 12.1 Å². The first-order valence-electron chi connectivity index (χ1n) is 8.27. The van der Waals surface area contributed by atoms with Crippen LogP contribution in [0.1, 0.15) is 21.1 Å². The van der Waals surface area contributed by atoms with Gasteiger partial charge < -0.3 is 14.8 Å². The second kappa shape index (κ2) is 8.92. The Morgan fingerprint density at radius 3 is 2.63 bits per heavy atom. The van der Waals surface area contributed by atoms with Crippen LogP contribution < -0.4 is 14.8 Å². The summed E-state index contributed by atoms with van der Waals surface area (Å²) < 4.78 is 10.5. The molecule has 5 nitrogen and oxygen atoms in total. The van der Waals surface area contributed by atoms with E-state index in [4.69, 9.17) is 9.47 Å². The zero-order valence-corrected chi connectivity index (χ0v) is 16.9. The molecule has 0 spiro atoms. The van der Waals surface area contributed by atoms with Gasteiger partial charge >= 0.3 is 0 Å². The van der Waals surface area contributed by atoms with E-state index in [0.29, 0.717) is 22.7 Å². The van der Waals surface area contributed by atoms with Crippen LogP contribution >= 0.6 is 23.1 Å². The van der Waals surface area contributed by atoms with Crippen LogP contribution in [0, 0.1) is 6.92 Å². The minimum absolute atomic E-state index is 0.167. The van der Waals surface area contributed by atoms with E-state index in [0.717, 1.165) is 21.3 Å². The maximum absolute atomic E-state index is 12.8. The number of thioether (sulfide) groups is 1. The Morgan fingerprint density at radius 1 is 1.15 bits per heavy atom. The zero-order valence-electron chi connectivity index (χ0n) is 15.3. The van der Waals surface area contributed by atoms with E-state index in [2.05, 4.69) is 15.7 Å². The molecular weight excluding hydrogens is 380 g/mol. The Bertz CT molecular complexity index is 940. The highest BCUT2D eigenvalue weighted by Gasteiger charge is 2.13. The van der Waals surface area contributed by atoms with Gasteiger partial charge in [-0.05, 0) is 31.2 Å². The fraction of sp³-hybridized carbons (Fsp3) is 0.200. The van der Waals surface area contributed by atoms with Gasteiger partial charge in [0.15, 0.2) is 11.5 Å². The van der Waals surface area contributed by atoms with Gasteiger partial charge in [0.25, 0.3) is 5.91 Å². The lowest BCUT2D eigenvalue weighted by Gasteiger charge is -2.12. The minimum Gasteiger partial charge on any atom is -0.493 e. The molecule has 0 unspecified atom stereocenters. The number of nitrogens with zero attached hydrogens (tertiary/aromatic N) is 1. The number of carbonyl (C=O) groups is 1. The molecule has 1 aromatic heterocycles. The molecule has 0 aliphatic rings. The molecule has 27 heavy (non-hydrogen) atoms. The van der Waals surface area contributed by atoms with Gasteiger partial charge in [0.05, 0.1) is 30.5 Å². The lowest BCUT2D eigenvalue weighted by atomic mass is 10.2. The molecule has 0 aliphatic carbocycles. The van der Waals surface area contributed by atoms with Crippen LogP contribution in [-0.2, 0) is 5.75 Å². The van der Waals surface area contributed by atoms with Crippen LogP contribution in [0.5, 0.6) is 11.5 Å². The van der Waals surface area contributed by atoms with Crippen molar-refractivity contribution in [3.8, 4) is 11.5 Å². The third kappa shape index (κ3) is 4.81. The summed E-state index contributed by atoms with van der Waals surface area (Å²) in [5, 5.41) is 6.02. The number of carbonyl (C=O) groups excluding carboxylic acids is 1. The number of benzene rings is 2. The van der Waals surface area contributed by atoms with Crippen molar-refractivity contribution in [2.45, 2.75) is 17.6 Å². The lowest BCUT2D eigenvalue weighted by molar-refractivity contribution is 0.102. The topological polar surface area (TPSA) is 60.5 Å². The van der Waals surface area contributed by atoms with Crippen molar-refractivity contribution in [1.29, 1.82) is 0 Å². The Labute approximate surface area is 166 Å². The van der Waals surface area contributed by atoms with E-state index >= 15 is 0 Å². The summed E-state index contributed by atoms with van der Waals surface area (Å²) in [4.78, 5) is 18.2. The fourth-order valence-corrected chi connectivity index (χ4v) is 4.18. The van der Waals surface area contributed by atoms with Crippen LogP contribution in [0.3, 0.4) is 0 Å². The van der Waals surface area contributed by atoms with E-state index < -0.39 is 0 Å². The molecule has 0 aliphatic heterocycles. The largest absolute Gasteiger partial charge is 0.493 e. The summed E-state index contributed by atoms with van der Waals surface area (Å²) in [5.74, 6) is 1.74. The number of methoxy groups -OCH3 is 2. The number of rotatable bonds is 7. The molecule has 0 saturated heterocycles. The number of hydrogen-bond donors (Lipinski definition) is 1. The quantitative estimate of drug-likeness (QED) is 0.565. The molecule has 1 N–H and O–H groups in total. The molecule has 3 rings (SSSR count). The predicted molar refractivity (Wildman–Crippen MR) is 110 cm³/mol. The first-order valence-corrected chi connectivity index (χ1v) is 10.1. The third-order valence-corrected chi connectivity index (χ3v) is 5.74. The number of aryl methyl sites for hydroxylation is 1. The van der Waals surface area contributed by atoms with Gasteiger partial charge in [-0.25, -0.2) is 4.98 Å². The summed E-state index contributed by atoms with van der Waals surface area (Å²) in [6.45, 7) is 1.99. The zero-order chi connectivity index (χ0) is 19.2. The van der Waals surface area contributed by atoms with Crippen molar-refractivity contribution in [3.05, 3.63) is 64.1 Å². The third-order valence-electron chi connectivity index (χ3n) is 3.82. The van der Waals surface area contributed by atoms with Crippen molar-refractivity contribution in [3.63, 3.8) is 0 Å². The van der Waals surface area contributed by atoms with Gasteiger partial charge in [-0.3, -0.25) is 4.79 Å². The van der Waals surface area contributed by atoms with Crippen LogP contribution in [0.25, 0.3) is 0 Å². The monoisotopic (exact) mass is 400 g/mol. The molecule has 0 atom stereocenters. The maximum Gasteiger partial charge on any atom is 0.256 e. The van der Waals surface area contributed by atoms with Crippen LogP contribution in [0.15, 0.2) is 52.7 Å². The molecule has 1 heterocycles. The number of ether oxygens (including phenoxy) is 2. The van der Waals surface area contributed by atoms with E-state index in [1.54, 1.807) is 55.5 Å². The predicted octanol–water partition coefficient (Wildman–Crippen LogP) is 5.01. The number of amides is 1. The van der Waals surface area contributed by atoms with Crippen molar-refractivity contribution >= 4 is 34.7 Å². The molecule has 1 amide bonds. The number of hydrogen-bond acceptors (Lipinski definition) is 6. The summed E-state index contributed by atoms with van der Waals surface area (Å²) in [7, 11) is 3.14. The molecule has 0 fully saturated rings. The molecule has 7 heteroatoms. The molecule has 2 aromatic carbocycles. The van der Waals surface area contributed by atoms with Crippen LogP contribution in [0.2, 0.25) is 0 Å². The van der Waals surface area contributed by atoms with E-state index in [-0.39, 0.29) is 5.91 Å². The van der Waals surface area contributed by atoms with Gasteiger partial charge in [0, 0.05) is 27.8 Å². The van der Waals surface area contributed by atoms with E-state index in [1.165, 1.54) is 0 Å².